The van der Waals surface area contributed by atoms with Gasteiger partial charge in [0.15, 0.2) is 5.13 Å². The first-order valence-electron chi connectivity index (χ1n) is 8.38. The fraction of sp³-hybridized carbons (Fsp3) is 0.647. The number of thiazole rings is 1. The molecule has 1 aliphatic carbocycles. The van der Waals surface area contributed by atoms with Crippen LogP contribution in [-0.2, 0) is 19.8 Å². The first kappa shape index (κ1) is 17.1. The quantitative estimate of drug-likeness (QED) is 0.851. The molecule has 1 aromatic rings. The highest BCUT2D eigenvalue weighted by Gasteiger charge is 2.48. The molecule has 0 spiro atoms. The highest BCUT2D eigenvalue weighted by atomic mass is 32.1. The lowest BCUT2D eigenvalue weighted by Gasteiger charge is -2.19. The molecule has 0 radical (unpaired) electrons. The summed E-state index contributed by atoms with van der Waals surface area (Å²) in [7, 11) is 0. The topological polar surface area (TPSA) is 79.4 Å². The molecule has 3 amide bonds. The number of likely N-dealkylation sites (tertiary alicyclic amines) is 1. The normalized spacial score (nSPS) is 24.2. The molecule has 1 saturated heterocycles. The second-order valence-corrected chi connectivity index (χ2v) is 8.45. The molecule has 130 valence electrons. The number of carbonyl (C=O) groups excluding carboxylic acids is 3. The van der Waals surface area contributed by atoms with E-state index in [0.29, 0.717) is 5.13 Å². The van der Waals surface area contributed by atoms with Crippen LogP contribution in [0.15, 0.2) is 5.38 Å². The number of anilines is 1. The van der Waals surface area contributed by atoms with Gasteiger partial charge in [-0.1, -0.05) is 33.6 Å². The Morgan fingerprint density at radius 2 is 1.83 bits per heavy atom. The van der Waals surface area contributed by atoms with E-state index in [0.717, 1.165) is 36.3 Å². The van der Waals surface area contributed by atoms with Crippen LogP contribution >= 0.6 is 11.3 Å². The summed E-state index contributed by atoms with van der Waals surface area (Å²) in [6.07, 6.45) is 3.48. The number of nitrogens with zero attached hydrogens (tertiary/aromatic N) is 2. The van der Waals surface area contributed by atoms with E-state index >= 15 is 0 Å². The average molecular weight is 349 g/mol. The van der Waals surface area contributed by atoms with Crippen LogP contribution in [-0.4, -0.2) is 34.2 Å². The van der Waals surface area contributed by atoms with E-state index in [9.17, 15) is 14.4 Å². The second kappa shape index (κ2) is 6.27. The zero-order valence-corrected chi connectivity index (χ0v) is 15.1. The van der Waals surface area contributed by atoms with Gasteiger partial charge in [-0.25, -0.2) is 4.98 Å². The van der Waals surface area contributed by atoms with Gasteiger partial charge in [0.25, 0.3) is 0 Å². The zero-order valence-electron chi connectivity index (χ0n) is 14.3. The van der Waals surface area contributed by atoms with Gasteiger partial charge in [-0.3, -0.25) is 19.3 Å². The lowest BCUT2D eigenvalue weighted by Crippen LogP contribution is -2.38. The Morgan fingerprint density at radius 3 is 2.33 bits per heavy atom. The number of fused-ring (bicyclic) bond motifs is 1. The first-order chi connectivity index (χ1) is 11.3. The molecular formula is C17H23N3O3S. The molecule has 0 aromatic carbocycles. The van der Waals surface area contributed by atoms with Crippen LogP contribution in [0.5, 0.6) is 0 Å². The molecule has 0 unspecified atom stereocenters. The third-order valence-electron chi connectivity index (χ3n) is 4.75. The lowest BCUT2D eigenvalue weighted by atomic mass is 9.81. The molecule has 1 N–H and O–H groups in total. The van der Waals surface area contributed by atoms with E-state index in [-0.39, 0.29) is 41.5 Å². The van der Waals surface area contributed by atoms with Crippen molar-refractivity contribution in [2.75, 3.05) is 11.9 Å². The standard InChI is InChI=1S/C17H23N3O3S/c1-17(2,3)12-9-24-16(18-12)19-13(21)8-20-14(22)10-6-4-5-7-11(10)15(20)23/h9-11H,4-8H2,1-3H3,(H,18,19,21)/t10-,11-/m1/s1. The first-order valence-corrected chi connectivity index (χ1v) is 9.26. The Balaban J connectivity index is 1.63. The van der Waals surface area contributed by atoms with Crippen LogP contribution in [0.2, 0.25) is 0 Å². The minimum Gasteiger partial charge on any atom is -0.300 e. The Hall–Kier alpha value is -1.76. The van der Waals surface area contributed by atoms with Crippen LogP contribution in [0.1, 0.15) is 52.1 Å². The predicted octanol–water partition coefficient (Wildman–Crippen LogP) is 2.55. The molecule has 1 aliphatic heterocycles. The second-order valence-electron chi connectivity index (χ2n) is 7.60. The summed E-state index contributed by atoms with van der Waals surface area (Å²) in [5.41, 5.74) is 0.818. The van der Waals surface area contributed by atoms with Gasteiger partial charge in [-0.05, 0) is 12.8 Å². The van der Waals surface area contributed by atoms with E-state index in [2.05, 4.69) is 31.1 Å². The lowest BCUT2D eigenvalue weighted by molar-refractivity contribution is -0.142. The zero-order chi connectivity index (χ0) is 17.5. The summed E-state index contributed by atoms with van der Waals surface area (Å²) in [5.74, 6) is -1.17. The molecule has 3 rings (SSSR count). The fourth-order valence-corrected chi connectivity index (χ4v) is 4.32. The molecule has 7 heteroatoms. The maximum absolute atomic E-state index is 12.4. The number of hydrogen-bond donors (Lipinski definition) is 1. The van der Waals surface area contributed by atoms with Gasteiger partial charge in [0, 0.05) is 10.8 Å². The molecule has 6 nitrogen and oxygen atoms in total. The molecule has 2 atom stereocenters. The van der Waals surface area contributed by atoms with Crippen LogP contribution in [0.3, 0.4) is 0 Å². The number of rotatable bonds is 3. The van der Waals surface area contributed by atoms with E-state index in [4.69, 9.17) is 0 Å². The molecule has 2 aliphatic rings. The Labute approximate surface area is 145 Å². The maximum atomic E-state index is 12.4. The van der Waals surface area contributed by atoms with Crippen molar-refractivity contribution in [2.24, 2.45) is 11.8 Å². The Kier molecular flexibility index (Phi) is 4.46. The van der Waals surface area contributed by atoms with Gasteiger partial charge < -0.3 is 5.32 Å². The average Bonchev–Trinajstić information content (AvgIpc) is 3.07. The molecule has 1 saturated carbocycles. The smallest absolute Gasteiger partial charge is 0.246 e. The highest BCUT2D eigenvalue weighted by molar-refractivity contribution is 7.13. The summed E-state index contributed by atoms with van der Waals surface area (Å²) >= 11 is 1.35. The van der Waals surface area contributed by atoms with Gasteiger partial charge in [0.1, 0.15) is 6.54 Å². The van der Waals surface area contributed by atoms with Crippen LogP contribution in [0, 0.1) is 11.8 Å². The number of nitrogens with one attached hydrogen (secondary N) is 1. The van der Waals surface area contributed by atoms with Crippen LogP contribution in [0.4, 0.5) is 5.13 Å². The summed E-state index contributed by atoms with van der Waals surface area (Å²) in [6.45, 7) is 5.94. The van der Waals surface area contributed by atoms with Crippen molar-refractivity contribution in [3.05, 3.63) is 11.1 Å². The van der Waals surface area contributed by atoms with E-state index < -0.39 is 0 Å². The highest BCUT2D eigenvalue weighted by Crippen LogP contribution is 2.37. The summed E-state index contributed by atoms with van der Waals surface area (Å²) in [5, 5.41) is 5.12. The van der Waals surface area contributed by atoms with E-state index in [1.54, 1.807) is 0 Å². The Bertz CT molecular complexity index is 653. The maximum Gasteiger partial charge on any atom is 0.246 e. The number of aromatic nitrogens is 1. The summed E-state index contributed by atoms with van der Waals surface area (Å²) < 4.78 is 0. The van der Waals surface area contributed by atoms with Crippen LogP contribution in [0.25, 0.3) is 0 Å². The van der Waals surface area contributed by atoms with Crippen molar-refractivity contribution in [1.29, 1.82) is 0 Å². The molecule has 1 aromatic heterocycles. The number of hydrogen-bond acceptors (Lipinski definition) is 5. The predicted molar refractivity (Wildman–Crippen MR) is 91.6 cm³/mol. The van der Waals surface area contributed by atoms with Crippen molar-refractivity contribution in [3.63, 3.8) is 0 Å². The number of imide groups is 1. The van der Waals surface area contributed by atoms with Crippen LogP contribution < -0.4 is 5.32 Å². The van der Waals surface area contributed by atoms with Gasteiger partial charge in [0.2, 0.25) is 17.7 Å². The third kappa shape index (κ3) is 3.22. The van der Waals surface area contributed by atoms with Gasteiger partial charge in [-0.15, -0.1) is 11.3 Å². The largest absolute Gasteiger partial charge is 0.300 e. The number of carbonyl (C=O) groups is 3. The molecule has 2 heterocycles. The fourth-order valence-electron chi connectivity index (χ4n) is 3.36. The Morgan fingerprint density at radius 1 is 1.25 bits per heavy atom. The van der Waals surface area contributed by atoms with Gasteiger partial charge in [0.05, 0.1) is 17.5 Å². The number of amides is 3. The minimum absolute atomic E-state index is 0.0872. The SMILES string of the molecule is CC(C)(C)c1csc(NC(=O)CN2C(=O)[C@@H]3CCCC[C@H]3C2=O)n1. The van der Waals surface area contributed by atoms with Crippen molar-refractivity contribution < 1.29 is 14.4 Å². The minimum atomic E-state index is -0.370. The van der Waals surface area contributed by atoms with E-state index in [1.807, 2.05) is 5.38 Å². The summed E-state index contributed by atoms with van der Waals surface area (Å²) in [4.78, 5) is 42.5. The molecule has 2 fully saturated rings. The third-order valence-corrected chi connectivity index (χ3v) is 5.51. The van der Waals surface area contributed by atoms with Crippen molar-refractivity contribution in [1.82, 2.24) is 9.88 Å². The van der Waals surface area contributed by atoms with Gasteiger partial charge in [-0.2, -0.15) is 0 Å². The van der Waals surface area contributed by atoms with Crippen molar-refractivity contribution >= 4 is 34.2 Å². The monoisotopic (exact) mass is 349 g/mol. The van der Waals surface area contributed by atoms with Gasteiger partial charge >= 0.3 is 0 Å². The molecule has 0 bridgehead atoms. The van der Waals surface area contributed by atoms with Crippen molar-refractivity contribution in [2.45, 2.75) is 51.9 Å². The van der Waals surface area contributed by atoms with E-state index in [1.165, 1.54) is 11.3 Å². The molecule has 24 heavy (non-hydrogen) atoms. The summed E-state index contributed by atoms with van der Waals surface area (Å²) in [6, 6.07) is 0. The molecular weight excluding hydrogens is 326 g/mol. The van der Waals surface area contributed by atoms with Crippen molar-refractivity contribution in [3.8, 4) is 0 Å².